The van der Waals surface area contributed by atoms with Gasteiger partial charge in [0.2, 0.25) is 5.91 Å². The molecule has 1 aliphatic carbocycles. The minimum absolute atomic E-state index is 0.00402. The molecular weight excluding hydrogens is 478 g/mol. The van der Waals surface area contributed by atoms with E-state index in [9.17, 15) is 14.7 Å². The number of nitrogens with one attached hydrogen (secondary N) is 2. The highest BCUT2D eigenvalue weighted by atomic mass is 16.3. The summed E-state index contributed by atoms with van der Waals surface area (Å²) in [5.74, 6) is -0.0913. The molecule has 0 spiro atoms. The van der Waals surface area contributed by atoms with Crippen molar-refractivity contribution in [2.45, 2.75) is 45.8 Å². The van der Waals surface area contributed by atoms with Crippen LogP contribution in [0.3, 0.4) is 0 Å². The van der Waals surface area contributed by atoms with Gasteiger partial charge in [-0.15, -0.1) is 0 Å². The Balaban J connectivity index is 1.25. The smallest absolute Gasteiger partial charge is 0.255 e. The standard InChI is InChI=1S/C30H35N5O3/c1-19(2)29(37)32-23-6-10-27(20(3)16-23)35-28-11-7-24(17-22(28)18-31-35)33-30(38)21-4-8-25(9-5-21)34-14-12-26(36)13-15-34/h4-11,16-20,26-27,36H,12-15H2,1-3H3,(H,32,37)(H,33,38). The molecule has 2 aliphatic rings. The lowest BCUT2D eigenvalue weighted by atomic mass is 9.95. The Bertz CT molecular complexity index is 1380. The van der Waals surface area contributed by atoms with Crippen LogP contribution in [-0.2, 0) is 4.79 Å². The van der Waals surface area contributed by atoms with Crippen molar-refractivity contribution in [1.82, 2.24) is 15.1 Å². The molecule has 1 fully saturated rings. The lowest BCUT2D eigenvalue weighted by Crippen LogP contribution is -2.35. The van der Waals surface area contributed by atoms with Crippen molar-refractivity contribution in [2.75, 3.05) is 23.3 Å². The number of aliphatic hydroxyl groups is 1. The van der Waals surface area contributed by atoms with Crippen LogP contribution in [0.2, 0.25) is 0 Å². The second kappa shape index (κ2) is 10.8. The zero-order valence-electron chi connectivity index (χ0n) is 22.1. The summed E-state index contributed by atoms with van der Waals surface area (Å²) in [5, 5.41) is 21.3. The van der Waals surface area contributed by atoms with Crippen molar-refractivity contribution in [3.8, 4) is 0 Å². The van der Waals surface area contributed by atoms with Crippen LogP contribution < -0.4 is 15.5 Å². The molecule has 1 aliphatic heterocycles. The van der Waals surface area contributed by atoms with Gasteiger partial charge in [0.25, 0.3) is 5.91 Å². The number of anilines is 2. The third-order valence-corrected chi connectivity index (χ3v) is 7.34. The molecule has 0 saturated carbocycles. The summed E-state index contributed by atoms with van der Waals surface area (Å²) < 4.78 is 1.98. The average Bonchev–Trinajstić information content (AvgIpc) is 3.32. The Morgan fingerprint density at radius 3 is 2.47 bits per heavy atom. The molecule has 8 nitrogen and oxygen atoms in total. The quantitative estimate of drug-likeness (QED) is 0.446. The molecule has 2 atom stereocenters. The number of aromatic nitrogens is 2. The van der Waals surface area contributed by atoms with Gasteiger partial charge in [0, 0.05) is 52.9 Å². The van der Waals surface area contributed by atoms with Crippen LogP contribution in [0.25, 0.3) is 10.9 Å². The number of benzene rings is 2. The van der Waals surface area contributed by atoms with E-state index in [4.69, 9.17) is 0 Å². The van der Waals surface area contributed by atoms with E-state index in [1.807, 2.05) is 73.3 Å². The zero-order valence-corrected chi connectivity index (χ0v) is 22.1. The monoisotopic (exact) mass is 513 g/mol. The van der Waals surface area contributed by atoms with Crippen LogP contribution in [0, 0.1) is 11.8 Å². The maximum Gasteiger partial charge on any atom is 0.255 e. The lowest BCUT2D eigenvalue weighted by molar-refractivity contribution is -0.123. The van der Waals surface area contributed by atoms with Gasteiger partial charge in [-0.05, 0) is 61.4 Å². The molecule has 1 saturated heterocycles. The van der Waals surface area contributed by atoms with E-state index in [1.54, 1.807) is 0 Å². The molecule has 1 aromatic heterocycles. The molecule has 198 valence electrons. The summed E-state index contributed by atoms with van der Waals surface area (Å²) >= 11 is 0. The SMILES string of the molecule is CC(C)C(=O)NC1=CC(C)C(n2ncc3cc(NC(=O)c4ccc(N5CCC(O)CC5)cc4)ccc32)C=C1. The van der Waals surface area contributed by atoms with Gasteiger partial charge in [0.15, 0.2) is 0 Å². The Labute approximate surface area is 223 Å². The number of rotatable bonds is 6. The van der Waals surface area contributed by atoms with Gasteiger partial charge in [0.1, 0.15) is 0 Å². The van der Waals surface area contributed by atoms with Gasteiger partial charge < -0.3 is 20.6 Å². The van der Waals surface area contributed by atoms with E-state index in [2.05, 4.69) is 39.7 Å². The normalized spacial score (nSPS) is 20.0. The highest BCUT2D eigenvalue weighted by molar-refractivity contribution is 6.05. The maximum absolute atomic E-state index is 12.9. The van der Waals surface area contributed by atoms with Gasteiger partial charge in [-0.25, -0.2) is 0 Å². The highest BCUT2D eigenvalue weighted by Gasteiger charge is 2.22. The topological polar surface area (TPSA) is 99.5 Å². The predicted octanol–water partition coefficient (Wildman–Crippen LogP) is 4.65. The Morgan fingerprint density at radius 1 is 1.05 bits per heavy atom. The summed E-state index contributed by atoms with van der Waals surface area (Å²) in [5.41, 5.74) is 4.16. The molecular formula is C30H35N5O3. The Kier molecular flexibility index (Phi) is 7.33. The largest absolute Gasteiger partial charge is 0.393 e. The van der Waals surface area contributed by atoms with Crippen molar-refractivity contribution < 1.29 is 14.7 Å². The molecule has 3 N–H and O–H groups in total. The van der Waals surface area contributed by atoms with E-state index in [-0.39, 0.29) is 35.8 Å². The van der Waals surface area contributed by atoms with Gasteiger partial charge >= 0.3 is 0 Å². The predicted molar refractivity (Wildman–Crippen MR) is 150 cm³/mol. The number of carbonyl (C=O) groups excluding carboxylic acids is 2. The number of fused-ring (bicyclic) bond motifs is 1. The number of hydrogen-bond acceptors (Lipinski definition) is 5. The summed E-state index contributed by atoms with van der Waals surface area (Å²) in [7, 11) is 0. The fourth-order valence-corrected chi connectivity index (χ4v) is 5.01. The molecule has 5 rings (SSSR count). The first-order valence-electron chi connectivity index (χ1n) is 13.3. The number of nitrogens with zero attached hydrogens (tertiary/aromatic N) is 3. The fourth-order valence-electron chi connectivity index (χ4n) is 5.01. The molecule has 2 unspecified atom stereocenters. The number of amides is 2. The number of aliphatic hydroxyl groups excluding tert-OH is 1. The van der Waals surface area contributed by atoms with E-state index in [0.29, 0.717) is 11.3 Å². The minimum atomic E-state index is -0.211. The molecule has 2 heterocycles. The van der Waals surface area contributed by atoms with E-state index < -0.39 is 0 Å². The van der Waals surface area contributed by atoms with Crippen LogP contribution >= 0.6 is 0 Å². The number of piperidine rings is 1. The van der Waals surface area contributed by atoms with Crippen molar-refractivity contribution in [3.63, 3.8) is 0 Å². The molecule has 2 amide bonds. The second-order valence-electron chi connectivity index (χ2n) is 10.6. The van der Waals surface area contributed by atoms with Crippen molar-refractivity contribution in [1.29, 1.82) is 0 Å². The number of carbonyl (C=O) groups is 2. The van der Waals surface area contributed by atoms with E-state index in [0.717, 1.165) is 48.2 Å². The summed E-state index contributed by atoms with van der Waals surface area (Å²) in [6.45, 7) is 7.50. The van der Waals surface area contributed by atoms with Crippen molar-refractivity contribution >= 4 is 34.1 Å². The summed E-state index contributed by atoms with van der Waals surface area (Å²) in [4.78, 5) is 27.2. The fraction of sp³-hybridized carbons (Fsp3) is 0.367. The highest BCUT2D eigenvalue weighted by Crippen LogP contribution is 2.30. The molecule has 8 heteroatoms. The first kappa shape index (κ1) is 25.7. The number of hydrogen-bond donors (Lipinski definition) is 3. The lowest BCUT2D eigenvalue weighted by Gasteiger charge is -2.31. The van der Waals surface area contributed by atoms with Gasteiger partial charge in [-0.3, -0.25) is 14.3 Å². The maximum atomic E-state index is 12.9. The van der Waals surface area contributed by atoms with Crippen molar-refractivity contribution in [3.05, 3.63) is 78.1 Å². The average molecular weight is 514 g/mol. The first-order valence-corrected chi connectivity index (χ1v) is 13.3. The third kappa shape index (κ3) is 5.50. The molecule has 0 bridgehead atoms. The summed E-state index contributed by atoms with van der Waals surface area (Å²) in [6, 6.07) is 13.4. The van der Waals surface area contributed by atoms with E-state index >= 15 is 0 Å². The van der Waals surface area contributed by atoms with Gasteiger partial charge in [-0.1, -0.05) is 32.9 Å². The third-order valence-electron chi connectivity index (χ3n) is 7.34. The van der Waals surface area contributed by atoms with E-state index in [1.165, 1.54) is 0 Å². The number of allylic oxidation sites excluding steroid dienone is 3. The van der Waals surface area contributed by atoms with Crippen LogP contribution in [0.1, 0.15) is 50.0 Å². The second-order valence-corrected chi connectivity index (χ2v) is 10.6. The Hall–Kier alpha value is -3.91. The first-order chi connectivity index (χ1) is 18.3. The minimum Gasteiger partial charge on any atom is -0.393 e. The molecule has 2 aromatic carbocycles. The zero-order chi connectivity index (χ0) is 26.8. The van der Waals surface area contributed by atoms with Crippen LogP contribution in [0.15, 0.2) is 72.6 Å². The Morgan fingerprint density at radius 2 is 1.79 bits per heavy atom. The summed E-state index contributed by atoms with van der Waals surface area (Å²) in [6.07, 6.45) is 9.21. The molecule has 3 aromatic rings. The van der Waals surface area contributed by atoms with Gasteiger partial charge in [-0.2, -0.15) is 5.10 Å². The molecule has 0 radical (unpaired) electrons. The van der Waals surface area contributed by atoms with Crippen LogP contribution in [0.5, 0.6) is 0 Å². The van der Waals surface area contributed by atoms with Crippen LogP contribution in [-0.4, -0.2) is 45.9 Å². The van der Waals surface area contributed by atoms with Gasteiger partial charge in [0.05, 0.1) is 23.9 Å². The molecule has 38 heavy (non-hydrogen) atoms. The van der Waals surface area contributed by atoms with Crippen LogP contribution in [0.4, 0.5) is 11.4 Å². The van der Waals surface area contributed by atoms with Crippen molar-refractivity contribution in [2.24, 2.45) is 11.8 Å².